The molecule has 0 aliphatic heterocycles. The molecular weight excluding hydrogens is 320 g/mol. The van der Waals surface area contributed by atoms with Gasteiger partial charge in [0.1, 0.15) is 0 Å². The van der Waals surface area contributed by atoms with Crippen LogP contribution in [0.25, 0.3) is 0 Å². The number of carbonyl (C=O) groups excluding carboxylic acids is 1. The van der Waals surface area contributed by atoms with E-state index in [1.54, 1.807) is 0 Å². The largest absolute Gasteiger partial charge is 0.345 e. The van der Waals surface area contributed by atoms with Crippen LogP contribution in [0.3, 0.4) is 0 Å². The average Bonchev–Trinajstić information content (AvgIpc) is 3.32. The quantitative estimate of drug-likeness (QED) is 0.583. The highest BCUT2D eigenvalue weighted by Crippen LogP contribution is 2.28. The van der Waals surface area contributed by atoms with Crippen molar-refractivity contribution in [2.75, 3.05) is 6.54 Å². The molecule has 0 radical (unpaired) electrons. The topological polar surface area (TPSA) is 25.2 Å². The molecule has 1 saturated carbocycles. The Balaban J connectivity index is 1.61. The number of benzene rings is 1. The number of carbonyl (C=O) groups is 1. The summed E-state index contributed by atoms with van der Waals surface area (Å²) in [5.41, 5.74) is 2.44. The molecule has 1 aromatic heterocycles. The van der Waals surface area contributed by atoms with E-state index in [9.17, 15) is 4.79 Å². The second-order valence-electron chi connectivity index (χ2n) is 7.37. The molecule has 26 heavy (non-hydrogen) atoms. The molecule has 3 heteroatoms. The van der Waals surface area contributed by atoms with Gasteiger partial charge in [-0.15, -0.1) is 6.58 Å². The minimum atomic E-state index is 0.254. The van der Waals surface area contributed by atoms with E-state index in [0.29, 0.717) is 19.5 Å². The van der Waals surface area contributed by atoms with Crippen molar-refractivity contribution < 1.29 is 4.79 Å². The first-order valence-corrected chi connectivity index (χ1v) is 9.83. The summed E-state index contributed by atoms with van der Waals surface area (Å²) in [6.45, 7) is 5.93. The van der Waals surface area contributed by atoms with E-state index < -0.39 is 0 Å². The molecule has 0 unspecified atom stereocenters. The average molecular weight is 351 g/mol. The lowest BCUT2D eigenvalue weighted by Gasteiger charge is -2.23. The molecular formula is C23H30N2O. The lowest BCUT2D eigenvalue weighted by atomic mass is 10.0. The maximum absolute atomic E-state index is 12.8. The Morgan fingerprint density at radius 3 is 2.65 bits per heavy atom. The van der Waals surface area contributed by atoms with E-state index in [1.807, 2.05) is 17.0 Å². The van der Waals surface area contributed by atoms with Crippen LogP contribution in [0, 0.1) is 5.92 Å². The van der Waals surface area contributed by atoms with Crippen LogP contribution in [-0.4, -0.2) is 21.9 Å². The van der Waals surface area contributed by atoms with E-state index in [-0.39, 0.29) is 5.91 Å². The molecule has 138 valence electrons. The number of nitrogens with zero attached hydrogens (tertiary/aromatic N) is 2. The van der Waals surface area contributed by atoms with Crippen LogP contribution in [0.5, 0.6) is 0 Å². The van der Waals surface area contributed by atoms with Gasteiger partial charge in [-0.3, -0.25) is 4.79 Å². The van der Waals surface area contributed by atoms with Gasteiger partial charge in [-0.1, -0.05) is 62.1 Å². The molecule has 1 amide bonds. The summed E-state index contributed by atoms with van der Waals surface area (Å²) in [6, 6.07) is 14.6. The zero-order valence-electron chi connectivity index (χ0n) is 15.6. The number of hydrogen-bond acceptors (Lipinski definition) is 1. The molecule has 1 aliphatic rings. The summed E-state index contributed by atoms with van der Waals surface area (Å²) in [5, 5.41) is 0. The minimum Gasteiger partial charge on any atom is -0.345 e. The number of rotatable bonds is 9. The molecule has 1 heterocycles. The number of aromatic nitrogens is 1. The summed E-state index contributed by atoms with van der Waals surface area (Å²) in [5.74, 6) is 1.01. The lowest BCUT2D eigenvalue weighted by Crippen LogP contribution is -2.31. The van der Waals surface area contributed by atoms with Crippen molar-refractivity contribution in [1.82, 2.24) is 9.47 Å². The van der Waals surface area contributed by atoms with Crippen molar-refractivity contribution in [2.24, 2.45) is 5.92 Å². The molecule has 0 atom stereocenters. The van der Waals surface area contributed by atoms with Crippen LogP contribution in [0.4, 0.5) is 0 Å². The summed E-state index contributed by atoms with van der Waals surface area (Å²) in [7, 11) is 0. The van der Waals surface area contributed by atoms with Crippen LogP contribution < -0.4 is 0 Å². The normalized spacial score (nSPS) is 14.5. The van der Waals surface area contributed by atoms with Crippen molar-refractivity contribution >= 4 is 5.91 Å². The standard InChI is InChI=1S/C23H30N2O/c1-2-16-25(23(26)15-14-20-9-6-7-10-20)19-22-13-8-17-24(22)18-21-11-4-3-5-12-21/h2-5,8,11-13,17,20H,1,6-7,9-10,14-16,18-19H2. The number of hydrogen-bond donors (Lipinski definition) is 0. The van der Waals surface area contributed by atoms with Crippen LogP contribution in [0.2, 0.25) is 0 Å². The first-order valence-electron chi connectivity index (χ1n) is 9.83. The zero-order chi connectivity index (χ0) is 18.2. The zero-order valence-corrected chi connectivity index (χ0v) is 15.6. The van der Waals surface area contributed by atoms with Gasteiger partial charge in [-0.05, 0) is 30.0 Å². The fraction of sp³-hybridized carbons (Fsp3) is 0.435. The SMILES string of the molecule is C=CCN(Cc1cccn1Cc1ccccc1)C(=O)CCC1CCCC1. The summed E-state index contributed by atoms with van der Waals surface area (Å²) >= 11 is 0. The van der Waals surface area contributed by atoms with Crippen LogP contribution in [0.15, 0.2) is 61.3 Å². The van der Waals surface area contributed by atoms with E-state index in [1.165, 1.54) is 36.9 Å². The Bertz CT molecular complexity index is 698. The van der Waals surface area contributed by atoms with Gasteiger partial charge in [0.15, 0.2) is 0 Å². The molecule has 1 aliphatic carbocycles. The smallest absolute Gasteiger partial charge is 0.223 e. The molecule has 0 bridgehead atoms. The Hall–Kier alpha value is -2.29. The molecule has 0 spiro atoms. The Kier molecular flexibility index (Phi) is 6.70. The highest BCUT2D eigenvalue weighted by atomic mass is 16.2. The Labute approximate surface area is 157 Å². The van der Waals surface area contributed by atoms with Crippen molar-refractivity contribution in [2.45, 2.75) is 51.6 Å². The summed E-state index contributed by atoms with van der Waals surface area (Å²) in [4.78, 5) is 14.7. The van der Waals surface area contributed by atoms with Gasteiger partial charge < -0.3 is 9.47 Å². The predicted octanol–water partition coefficient (Wildman–Crippen LogP) is 5.02. The van der Waals surface area contributed by atoms with Crippen LogP contribution in [0.1, 0.15) is 49.8 Å². The third-order valence-electron chi connectivity index (χ3n) is 5.42. The van der Waals surface area contributed by atoms with Gasteiger partial charge in [-0.2, -0.15) is 0 Å². The first-order chi connectivity index (χ1) is 12.8. The monoisotopic (exact) mass is 350 g/mol. The molecule has 1 fully saturated rings. The number of amides is 1. The van der Waals surface area contributed by atoms with Gasteiger partial charge in [0.05, 0.1) is 6.54 Å². The van der Waals surface area contributed by atoms with E-state index in [4.69, 9.17) is 0 Å². The van der Waals surface area contributed by atoms with E-state index in [0.717, 1.165) is 18.9 Å². The van der Waals surface area contributed by atoms with Gasteiger partial charge in [0.25, 0.3) is 0 Å². The molecule has 3 nitrogen and oxygen atoms in total. The highest BCUT2D eigenvalue weighted by Gasteiger charge is 2.19. The fourth-order valence-electron chi connectivity index (χ4n) is 3.92. The first kappa shape index (κ1) is 18.5. The third-order valence-corrected chi connectivity index (χ3v) is 5.42. The maximum atomic E-state index is 12.8. The lowest BCUT2D eigenvalue weighted by molar-refractivity contribution is -0.131. The highest BCUT2D eigenvalue weighted by molar-refractivity contribution is 5.76. The van der Waals surface area contributed by atoms with Gasteiger partial charge in [0, 0.05) is 31.4 Å². The van der Waals surface area contributed by atoms with Crippen molar-refractivity contribution in [3.8, 4) is 0 Å². The summed E-state index contributed by atoms with van der Waals surface area (Å²) < 4.78 is 2.23. The van der Waals surface area contributed by atoms with Crippen molar-refractivity contribution in [3.63, 3.8) is 0 Å². The van der Waals surface area contributed by atoms with E-state index in [2.05, 4.69) is 53.7 Å². The molecule has 3 rings (SSSR count). The van der Waals surface area contributed by atoms with E-state index >= 15 is 0 Å². The van der Waals surface area contributed by atoms with Crippen molar-refractivity contribution in [1.29, 1.82) is 0 Å². The Morgan fingerprint density at radius 1 is 1.15 bits per heavy atom. The second-order valence-corrected chi connectivity index (χ2v) is 7.37. The van der Waals surface area contributed by atoms with Crippen molar-refractivity contribution in [3.05, 3.63) is 72.6 Å². The molecule has 1 aromatic carbocycles. The third kappa shape index (κ3) is 5.10. The van der Waals surface area contributed by atoms with Gasteiger partial charge in [0.2, 0.25) is 5.91 Å². The second kappa shape index (κ2) is 9.42. The molecule has 0 saturated heterocycles. The summed E-state index contributed by atoms with van der Waals surface area (Å²) in [6.07, 6.45) is 10.9. The Morgan fingerprint density at radius 2 is 1.92 bits per heavy atom. The maximum Gasteiger partial charge on any atom is 0.223 e. The predicted molar refractivity (Wildman–Crippen MR) is 107 cm³/mol. The molecule has 2 aromatic rings. The van der Waals surface area contributed by atoms with Gasteiger partial charge in [-0.25, -0.2) is 0 Å². The minimum absolute atomic E-state index is 0.254. The molecule has 0 N–H and O–H groups in total. The van der Waals surface area contributed by atoms with Gasteiger partial charge >= 0.3 is 0 Å². The van der Waals surface area contributed by atoms with Crippen LogP contribution in [-0.2, 0) is 17.9 Å². The fourth-order valence-corrected chi connectivity index (χ4v) is 3.92. The van der Waals surface area contributed by atoms with Crippen LogP contribution >= 0.6 is 0 Å².